The van der Waals surface area contributed by atoms with Gasteiger partial charge in [-0.1, -0.05) is 46.3 Å². The number of aliphatic carboxylic acids is 1. The van der Waals surface area contributed by atoms with Crippen molar-refractivity contribution in [2.75, 3.05) is 6.61 Å². The molecule has 0 aromatic heterocycles. The molecule has 11 nitrogen and oxygen atoms in total. The quantitative estimate of drug-likeness (QED) is 0.172. The summed E-state index contributed by atoms with van der Waals surface area (Å²) in [6.07, 6.45) is -2.06. The molecule has 6 aliphatic rings. The minimum Gasteiger partial charge on any atom is -0.481 e. The lowest BCUT2D eigenvalue weighted by Crippen LogP contribution is -2.68. The maximum atomic E-state index is 14.4. The molecule has 266 valence electrons. The van der Waals surface area contributed by atoms with Crippen molar-refractivity contribution in [1.29, 1.82) is 0 Å². The Kier molecular flexibility index (Phi) is 8.40. The number of allylic oxidation sites excluding steroid dienone is 1. The van der Waals surface area contributed by atoms with Crippen molar-refractivity contribution in [3.63, 3.8) is 0 Å². The Morgan fingerprint density at radius 1 is 0.851 bits per heavy atom. The van der Waals surface area contributed by atoms with Gasteiger partial charge in [-0.2, -0.15) is 0 Å². The van der Waals surface area contributed by atoms with Crippen LogP contribution in [0.4, 0.5) is 0 Å². The van der Waals surface area contributed by atoms with E-state index in [4.69, 9.17) is 9.47 Å². The van der Waals surface area contributed by atoms with E-state index in [-0.39, 0.29) is 22.7 Å². The monoisotopic (exact) mass is 664 g/mol. The molecule has 47 heavy (non-hydrogen) atoms. The molecule has 6 rings (SSSR count). The first-order chi connectivity index (χ1) is 21.8. The van der Waals surface area contributed by atoms with Crippen LogP contribution >= 0.6 is 0 Å². The maximum Gasteiger partial charge on any atom is 0.315 e. The Labute approximate surface area is 277 Å². The Morgan fingerprint density at radius 3 is 2.15 bits per heavy atom. The van der Waals surface area contributed by atoms with Gasteiger partial charge >= 0.3 is 11.9 Å². The molecule has 1 saturated heterocycles. The molecule has 0 spiro atoms. The topological polar surface area (TPSA) is 194 Å². The minimum atomic E-state index is -1.72. The Bertz CT molecular complexity index is 1310. The predicted molar refractivity (Wildman–Crippen MR) is 168 cm³/mol. The normalized spacial score (nSPS) is 53.7. The molecule has 5 aliphatic carbocycles. The second-order valence-electron chi connectivity index (χ2n) is 17.6. The molecule has 11 heteroatoms. The molecule has 1 aliphatic heterocycles. The Hall–Kier alpha value is -1.60. The summed E-state index contributed by atoms with van der Waals surface area (Å²) in [5.41, 5.74) is -2.83. The van der Waals surface area contributed by atoms with E-state index >= 15 is 0 Å². The summed E-state index contributed by atoms with van der Waals surface area (Å²) in [7, 11) is 0. The molecule has 7 N–H and O–H groups in total. The molecule has 1 heterocycles. The number of carboxylic acid groups (broad SMARTS) is 1. The molecular weight excluding hydrogens is 608 g/mol. The van der Waals surface area contributed by atoms with Crippen LogP contribution in [0.25, 0.3) is 0 Å². The van der Waals surface area contributed by atoms with E-state index in [1.165, 1.54) is 0 Å². The summed E-state index contributed by atoms with van der Waals surface area (Å²) in [5.74, 6) is -2.22. The Morgan fingerprint density at radius 2 is 1.51 bits per heavy atom. The molecule has 15 atom stereocenters. The van der Waals surface area contributed by atoms with Crippen molar-refractivity contribution in [3.8, 4) is 0 Å². The third-order valence-electron chi connectivity index (χ3n) is 15.4. The van der Waals surface area contributed by atoms with Gasteiger partial charge in [0.05, 0.1) is 29.6 Å². The van der Waals surface area contributed by atoms with Crippen LogP contribution in [-0.4, -0.2) is 97.2 Å². The first-order valence-corrected chi connectivity index (χ1v) is 17.6. The number of carboxylic acids is 1. The van der Waals surface area contributed by atoms with Crippen molar-refractivity contribution in [3.05, 3.63) is 11.6 Å². The van der Waals surface area contributed by atoms with Gasteiger partial charge in [-0.15, -0.1) is 0 Å². The maximum absolute atomic E-state index is 14.4. The second-order valence-corrected chi connectivity index (χ2v) is 17.6. The molecule has 5 fully saturated rings. The summed E-state index contributed by atoms with van der Waals surface area (Å²) >= 11 is 0. The van der Waals surface area contributed by atoms with E-state index in [1.54, 1.807) is 6.92 Å². The molecular formula is C36H56O11. The second kappa shape index (κ2) is 11.2. The fourth-order valence-corrected chi connectivity index (χ4v) is 12.0. The predicted octanol–water partition coefficient (Wildman–Crippen LogP) is 2.53. The van der Waals surface area contributed by atoms with E-state index in [0.717, 1.165) is 18.4 Å². The number of aliphatic hydroxyl groups is 6. The summed E-state index contributed by atoms with van der Waals surface area (Å²) < 4.78 is 11.4. The molecule has 0 aromatic carbocycles. The molecule has 0 radical (unpaired) electrons. The first-order valence-electron chi connectivity index (χ1n) is 17.6. The highest BCUT2D eigenvalue weighted by molar-refractivity contribution is 5.79. The van der Waals surface area contributed by atoms with Crippen LogP contribution in [0.2, 0.25) is 0 Å². The highest BCUT2D eigenvalue weighted by Crippen LogP contribution is 2.76. The van der Waals surface area contributed by atoms with Gasteiger partial charge in [0.2, 0.25) is 6.29 Å². The van der Waals surface area contributed by atoms with Crippen molar-refractivity contribution >= 4 is 11.9 Å². The molecule has 0 aromatic rings. The number of hydrogen-bond donors (Lipinski definition) is 7. The van der Waals surface area contributed by atoms with E-state index in [0.29, 0.717) is 44.9 Å². The van der Waals surface area contributed by atoms with Gasteiger partial charge in [0.25, 0.3) is 0 Å². The summed E-state index contributed by atoms with van der Waals surface area (Å²) in [4.78, 5) is 27.1. The Balaban J connectivity index is 1.39. The van der Waals surface area contributed by atoms with E-state index in [2.05, 4.69) is 26.8 Å². The lowest BCUT2D eigenvalue weighted by Gasteiger charge is -2.71. The van der Waals surface area contributed by atoms with Crippen LogP contribution in [0, 0.1) is 50.2 Å². The van der Waals surface area contributed by atoms with Gasteiger partial charge in [-0.3, -0.25) is 9.59 Å². The first kappa shape index (κ1) is 35.2. The standard InChI is InChI=1S/C36H56O11/c1-31(2)13-15-36(30(45)47-28-26(41)25(40)24(39)19(17-37)46-28)16-14-33(4)18(23(36)27(31)42)7-8-20-32(3)11-10-22(38)35(6,29(43)44)21(32)9-12-34(20,33)5/h7,19-28,37-42H,8-17H2,1-6H3,(H,43,44)/t19-,20-,21-,22+,23-,24-,25+,26-,27+,28+,32-,33-,34-,35-,36+/m0/s1. The third kappa shape index (κ3) is 4.55. The lowest BCUT2D eigenvalue weighted by atomic mass is 9.33. The van der Waals surface area contributed by atoms with Gasteiger partial charge in [-0.25, -0.2) is 0 Å². The summed E-state index contributed by atoms with van der Waals surface area (Å²) in [5, 5.41) is 74.5. The lowest BCUT2D eigenvalue weighted by molar-refractivity contribution is -0.298. The smallest absolute Gasteiger partial charge is 0.315 e. The van der Waals surface area contributed by atoms with Crippen LogP contribution in [0.15, 0.2) is 11.6 Å². The van der Waals surface area contributed by atoms with Crippen LogP contribution in [-0.2, 0) is 19.1 Å². The van der Waals surface area contributed by atoms with Gasteiger partial charge in [0, 0.05) is 5.92 Å². The van der Waals surface area contributed by atoms with Crippen LogP contribution < -0.4 is 0 Å². The zero-order valence-corrected chi connectivity index (χ0v) is 28.7. The number of ether oxygens (including phenoxy) is 2. The van der Waals surface area contributed by atoms with Gasteiger partial charge < -0.3 is 45.2 Å². The van der Waals surface area contributed by atoms with Gasteiger partial charge in [-0.05, 0) is 98.2 Å². The molecule has 4 saturated carbocycles. The summed E-state index contributed by atoms with van der Waals surface area (Å²) in [6.45, 7) is 11.9. The van der Waals surface area contributed by atoms with Crippen LogP contribution in [0.1, 0.15) is 99.3 Å². The fraction of sp³-hybridized carbons (Fsp3) is 0.889. The van der Waals surface area contributed by atoms with Gasteiger partial charge in [0.1, 0.15) is 24.4 Å². The van der Waals surface area contributed by atoms with Crippen LogP contribution in [0.5, 0.6) is 0 Å². The highest BCUT2D eigenvalue weighted by atomic mass is 16.7. The highest BCUT2D eigenvalue weighted by Gasteiger charge is 2.72. The SMILES string of the molecule is CC1(C)CC[C@@]2(C(=O)O[C@H]3O[C@@H](CO)[C@H](O)[C@@H](O)[C@@H]3O)CC[C@@]3(C)C(=CC[C@H]4[C@]5(C)CC[C@@H](O)[C@@](C)(C(=O)O)[C@H]5CC[C@@]43C)[C@H]2[C@H]1O. The van der Waals surface area contributed by atoms with Crippen molar-refractivity contribution in [1.82, 2.24) is 0 Å². The van der Waals surface area contributed by atoms with Gasteiger partial charge in [0.15, 0.2) is 0 Å². The largest absolute Gasteiger partial charge is 0.481 e. The molecule has 0 amide bonds. The average Bonchev–Trinajstić information content (AvgIpc) is 3.01. The van der Waals surface area contributed by atoms with Crippen molar-refractivity contribution in [2.45, 2.75) is 142 Å². The third-order valence-corrected chi connectivity index (χ3v) is 15.4. The number of rotatable bonds is 4. The van der Waals surface area contributed by atoms with E-state index < -0.39 is 89.0 Å². The molecule has 0 bridgehead atoms. The zero-order chi connectivity index (χ0) is 34.7. The molecule has 0 unspecified atom stereocenters. The number of hydrogen-bond acceptors (Lipinski definition) is 10. The minimum absolute atomic E-state index is 0.135. The van der Waals surface area contributed by atoms with E-state index in [1.807, 2.05) is 13.8 Å². The number of carbonyl (C=O) groups is 2. The average molecular weight is 665 g/mol. The number of esters is 1. The number of fused-ring (bicyclic) bond motifs is 7. The van der Waals surface area contributed by atoms with E-state index in [9.17, 15) is 45.3 Å². The fourth-order valence-electron chi connectivity index (χ4n) is 12.0. The van der Waals surface area contributed by atoms with Crippen molar-refractivity contribution in [2.24, 2.45) is 50.2 Å². The number of carbonyl (C=O) groups excluding carboxylic acids is 1. The van der Waals surface area contributed by atoms with Crippen molar-refractivity contribution < 1.29 is 54.8 Å². The number of aliphatic hydroxyl groups excluding tert-OH is 6. The van der Waals surface area contributed by atoms with Crippen LogP contribution in [0.3, 0.4) is 0 Å². The summed E-state index contributed by atoms with van der Waals surface area (Å²) in [6, 6.07) is 0. The zero-order valence-electron chi connectivity index (χ0n) is 28.7.